The Morgan fingerprint density at radius 1 is 1.12 bits per heavy atom. The maximum absolute atomic E-state index is 13.1. The average Bonchev–Trinajstić information content (AvgIpc) is 3.35. The lowest BCUT2D eigenvalue weighted by molar-refractivity contribution is -0.129. The predicted molar refractivity (Wildman–Crippen MR) is 136 cm³/mol. The van der Waals surface area contributed by atoms with E-state index in [-0.39, 0.29) is 11.8 Å². The summed E-state index contributed by atoms with van der Waals surface area (Å²) in [5.74, 6) is 0.0455. The van der Waals surface area contributed by atoms with E-state index in [1.807, 2.05) is 36.9 Å². The van der Waals surface area contributed by atoms with Gasteiger partial charge in [0.05, 0.1) is 23.2 Å². The number of aryl methyl sites for hydroxylation is 2. The molecule has 3 heterocycles. The molecule has 0 saturated carbocycles. The number of benzene rings is 2. The van der Waals surface area contributed by atoms with Crippen LogP contribution < -0.4 is 5.32 Å². The molecule has 2 aromatic carbocycles. The Balaban J connectivity index is 1.52. The van der Waals surface area contributed by atoms with E-state index in [9.17, 15) is 9.59 Å². The molecule has 0 spiro atoms. The maximum Gasteiger partial charge on any atom is 0.229 e. The molecule has 0 radical (unpaired) electrons. The predicted octanol–water partition coefficient (Wildman–Crippen LogP) is 5.73. The monoisotopic (exact) mass is 475 g/mol. The van der Waals surface area contributed by atoms with Crippen LogP contribution in [0, 0.1) is 13.8 Å². The summed E-state index contributed by atoms with van der Waals surface area (Å²) in [6.45, 7) is 6.96. The molecule has 0 unspecified atom stereocenters. The lowest BCUT2D eigenvalue weighted by Gasteiger charge is -2.26. The van der Waals surface area contributed by atoms with Crippen molar-refractivity contribution in [3.05, 3.63) is 69.6 Å². The molecule has 4 aromatic rings. The highest BCUT2D eigenvalue weighted by Crippen LogP contribution is 2.45. The molecule has 0 aliphatic carbocycles. The number of fused-ring (bicyclic) bond motifs is 2. The number of aromatic nitrogens is 1. The van der Waals surface area contributed by atoms with Crippen molar-refractivity contribution in [2.45, 2.75) is 40.2 Å². The number of thiazole rings is 1. The zero-order chi connectivity index (χ0) is 23.1. The van der Waals surface area contributed by atoms with Gasteiger partial charge in [0.15, 0.2) is 0 Å². The van der Waals surface area contributed by atoms with E-state index in [1.165, 1.54) is 5.56 Å². The number of hydrogen-bond acceptors (Lipinski definition) is 5. The van der Waals surface area contributed by atoms with Gasteiger partial charge in [-0.05, 0) is 49.1 Å². The number of thiophene rings is 1. The summed E-state index contributed by atoms with van der Waals surface area (Å²) < 4.78 is 1.13. The Morgan fingerprint density at radius 2 is 1.94 bits per heavy atom. The van der Waals surface area contributed by atoms with Gasteiger partial charge < -0.3 is 10.2 Å². The van der Waals surface area contributed by atoms with Crippen LogP contribution in [0.25, 0.3) is 20.8 Å². The number of hydrogen-bond donors (Lipinski definition) is 1. The van der Waals surface area contributed by atoms with Gasteiger partial charge in [0.25, 0.3) is 0 Å². The minimum atomic E-state index is -0.0342. The lowest BCUT2D eigenvalue weighted by Crippen LogP contribution is -2.33. The van der Waals surface area contributed by atoms with Gasteiger partial charge in [-0.1, -0.05) is 35.9 Å². The molecule has 1 aliphatic heterocycles. The Bertz CT molecular complexity index is 1350. The van der Waals surface area contributed by atoms with Crippen molar-refractivity contribution >= 4 is 49.7 Å². The summed E-state index contributed by atoms with van der Waals surface area (Å²) in [6, 6.07) is 14.3. The molecular weight excluding hydrogens is 450 g/mol. The summed E-state index contributed by atoms with van der Waals surface area (Å²) in [7, 11) is 0. The number of para-hydroxylation sites is 1. The smallest absolute Gasteiger partial charge is 0.229 e. The molecule has 7 heteroatoms. The van der Waals surface area contributed by atoms with E-state index in [0.29, 0.717) is 19.5 Å². The second kappa shape index (κ2) is 8.72. The Kier molecular flexibility index (Phi) is 5.76. The van der Waals surface area contributed by atoms with E-state index in [2.05, 4.69) is 29.6 Å². The number of anilines is 1. The van der Waals surface area contributed by atoms with Gasteiger partial charge in [0.1, 0.15) is 10.0 Å². The first-order chi connectivity index (χ1) is 15.9. The molecule has 168 valence electrons. The first kappa shape index (κ1) is 21.8. The third kappa shape index (κ3) is 4.30. The van der Waals surface area contributed by atoms with Crippen LogP contribution in [0.2, 0.25) is 0 Å². The molecule has 2 amide bonds. The molecule has 2 aromatic heterocycles. The minimum Gasteiger partial charge on any atom is -0.337 e. The third-order valence-electron chi connectivity index (χ3n) is 6.12. The van der Waals surface area contributed by atoms with Crippen molar-refractivity contribution in [2.24, 2.45) is 0 Å². The number of nitrogens with zero attached hydrogens (tertiary/aromatic N) is 2. The van der Waals surface area contributed by atoms with Crippen molar-refractivity contribution in [1.29, 1.82) is 0 Å². The average molecular weight is 476 g/mol. The number of nitrogens with one attached hydrogen (secondary N) is 1. The SMILES string of the molecule is CC(=O)N1CCc2c(sc(NC(=O)Cc3cc(C)ccc3C)c2-c2nc3ccccc3s2)C1. The van der Waals surface area contributed by atoms with Gasteiger partial charge >= 0.3 is 0 Å². The number of rotatable bonds is 4. The molecule has 5 nitrogen and oxygen atoms in total. The normalized spacial score (nSPS) is 13.2. The molecule has 0 fully saturated rings. The van der Waals surface area contributed by atoms with Crippen LogP contribution in [0.15, 0.2) is 42.5 Å². The van der Waals surface area contributed by atoms with Gasteiger partial charge in [-0.25, -0.2) is 4.98 Å². The molecule has 0 bridgehead atoms. The number of carbonyl (C=O) groups excluding carboxylic acids is 2. The lowest BCUT2D eigenvalue weighted by atomic mass is 10.0. The van der Waals surface area contributed by atoms with Crippen molar-refractivity contribution in [3.8, 4) is 10.6 Å². The van der Waals surface area contributed by atoms with Crippen LogP contribution in [0.5, 0.6) is 0 Å². The van der Waals surface area contributed by atoms with Gasteiger partial charge in [-0.15, -0.1) is 22.7 Å². The van der Waals surface area contributed by atoms with E-state index < -0.39 is 0 Å². The van der Waals surface area contributed by atoms with Crippen molar-refractivity contribution in [3.63, 3.8) is 0 Å². The fraction of sp³-hybridized carbons (Fsp3) is 0.269. The maximum atomic E-state index is 13.1. The molecule has 0 saturated heterocycles. The van der Waals surface area contributed by atoms with Gasteiger partial charge in [-0.3, -0.25) is 9.59 Å². The summed E-state index contributed by atoms with van der Waals surface area (Å²) in [5, 5.41) is 4.95. The molecule has 5 rings (SSSR count). The highest BCUT2D eigenvalue weighted by Gasteiger charge is 2.28. The minimum absolute atomic E-state index is 0.0342. The molecule has 0 atom stereocenters. The van der Waals surface area contributed by atoms with Gasteiger partial charge in [0, 0.05) is 23.9 Å². The van der Waals surface area contributed by atoms with E-state index in [0.717, 1.165) is 53.8 Å². The molecular formula is C26H25N3O2S2. The van der Waals surface area contributed by atoms with Crippen LogP contribution in [0.3, 0.4) is 0 Å². The topological polar surface area (TPSA) is 62.3 Å². The van der Waals surface area contributed by atoms with Crippen LogP contribution >= 0.6 is 22.7 Å². The van der Waals surface area contributed by atoms with E-state index >= 15 is 0 Å². The fourth-order valence-electron chi connectivity index (χ4n) is 4.30. The fourth-order valence-corrected chi connectivity index (χ4v) is 6.69. The quantitative estimate of drug-likeness (QED) is 0.410. The van der Waals surface area contributed by atoms with Crippen molar-refractivity contribution in [2.75, 3.05) is 11.9 Å². The first-order valence-electron chi connectivity index (χ1n) is 11.0. The number of amides is 2. The standard InChI is InChI=1S/C26H25N3O2S2/c1-15-8-9-16(2)18(12-15)13-23(31)28-26-24(25-27-20-6-4-5-7-21(20)32-25)19-10-11-29(17(3)30)14-22(19)33-26/h4-9,12H,10-11,13-14H2,1-3H3,(H,28,31). The molecule has 33 heavy (non-hydrogen) atoms. The zero-order valence-corrected chi connectivity index (χ0v) is 20.5. The molecule has 1 aliphatic rings. The van der Waals surface area contributed by atoms with Crippen LogP contribution in [-0.2, 0) is 29.0 Å². The van der Waals surface area contributed by atoms with Gasteiger partial charge in [0.2, 0.25) is 11.8 Å². The molecule has 1 N–H and O–H groups in total. The Morgan fingerprint density at radius 3 is 2.73 bits per heavy atom. The van der Waals surface area contributed by atoms with Crippen molar-refractivity contribution < 1.29 is 9.59 Å². The number of carbonyl (C=O) groups is 2. The van der Waals surface area contributed by atoms with Crippen LogP contribution in [0.1, 0.15) is 34.1 Å². The second-order valence-corrected chi connectivity index (χ2v) is 10.7. The second-order valence-electron chi connectivity index (χ2n) is 8.54. The van der Waals surface area contributed by atoms with Crippen LogP contribution in [0.4, 0.5) is 5.00 Å². The summed E-state index contributed by atoms with van der Waals surface area (Å²) >= 11 is 3.22. The first-order valence-corrected chi connectivity index (χ1v) is 12.6. The summed E-state index contributed by atoms with van der Waals surface area (Å²) in [4.78, 5) is 33.0. The largest absolute Gasteiger partial charge is 0.337 e. The summed E-state index contributed by atoms with van der Waals surface area (Å²) in [5.41, 5.74) is 6.50. The van der Waals surface area contributed by atoms with Crippen molar-refractivity contribution in [1.82, 2.24) is 9.88 Å². The van der Waals surface area contributed by atoms with Gasteiger partial charge in [-0.2, -0.15) is 0 Å². The zero-order valence-electron chi connectivity index (χ0n) is 18.9. The Hall–Kier alpha value is -3.03. The van der Waals surface area contributed by atoms with Crippen LogP contribution in [-0.4, -0.2) is 28.2 Å². The highest BCUT2D eigenvalue weighted by molar-refractivity contribution is 7.22. The highest BCUT2D eigenvalue weighted by atomic mass is 32.1. The summed E-state index contributed by atoms with van der Waals surface area (Å²) in [6.07, 6.45) is 1.10. The van der Waals surface area contributed by atoms with E-state index in [1.54, 1.807) is 29.6 Å². The Labute approximate surface area is 201 Å². The third-order valence-corrected chi connectivity index (χ3v) is 8.30. The van der Waals surface area contributed by atoms with E-state index in [4.69, 9.17) is 4.98 Å².